The molecular weight excluding hydrogens is 585 g/mol. The van der Waals surface area contributed by atoms with Crippen LogP contribution in [0.15, 0.2) is 48.5 Å². The number of aromatic nitrogens is 1. The lowest BCUT2D eigenvalue weighted by Gasteiger charge is -2.47. The normalized spacial score (nSPS) is 16.7. The highest BCUT2D eigenvalue weighted by atomic mass is 28.2. The van der Waals surface area contributed by atoms with Gasteiger partial charge in [0.2, 0.25) is 0 Å². The lowest BCUT2D eigenvalue weighted by Crippen LogP contribution is -2.46. The predicted octanol–water partition coefficient (Wildman–Crippen LogP) is 8.30. The lowest BCUT2D eigenvalue weighted by molar-refractivity contribution is -0.132. The van der Waals surface area contributed by atoms with Crippen LogP contribution in [0.5, 0.6) is 0 Å². The summed E-state index contributed by atoms with van der Waals surface area (Å²) in [6, 6.07) is 18.7. The summed E-state index contributed by atoms with van der Waals surface area (Å²) in [7, 11) is 1.17. The minimum atomic E-state index is -0.576. The zero-order valence-electron chi connectivity index (χ0n) is 30.1. The van der Waals surface area contributed by atoms with Crippen LogP contribution in [0.2, 0.25) is 13.1 Å². The van der Waals surface area contributed by atoms with Crippen molar-refractivity contribution < 1.29 is 8.85 Å². The molecule has 1 atom stereocenters. The molecule has 0 saturated heterocycles. The number of hydrogen-bond acceptors (Lipinski definition) is 4. The van der Waals surface area contributed by atoms with Crippen molar-refractivity contribution in [1.82, 2.24) is 9.88 Å². The van der Waals surface area contributed by atoms with Crippen LogP contribution < -0.4 is 0 Å². The number of hydrogen-bond donors (Lipinski definition) is 0. The second kappa shape index (κ2) is 15.7. The minimum Gasteiger partial charge on any atom is -0.400 e. The molecule has 2 aromatic carbocycles. The number of aryl methyl sites for hydroxylation is 5. The molecule has 0 radical (unpaired) electrons. The summed E-state index contributed by atoms with van der Waals surface area (Å²) in [5, 5.41) is 0. The van der Waals surface area contributed by atoms with Gasteiger partial charge < -0.3 is 8.85 Å². The Morgan fingerprint density at radius 1 is 0.933 bits per heavy atom. The van der Waals surface area contributed by atoms with Gasteiger partial charge in [0.1, 0.15) is 6.29 Å². The van der Waals surface area contributed by atoms with Gasteiger partial charge in [-0.05, 0) is 104 Å². The number of fused-ring (bicyclic) bond motifs is 1. The smallest absolute Gasteiger partial charge is 0.161 e. The van der Waals surface area contributed by atoms with Crippen LogP contribution in [0.1, 0.15) is 106 Å². The number of benzene rings is 2. The van der Waals surface area contributed by atoms with Gasteiger partial charge in [0.05, 0.1) is 5.69 Å². The molecule has 1 aromatic heterocycles. The van der Waals surface area contributed by atoms with Crippen LogP contribution >= 0.6 is 0 Å². The first-order valence-corrected chi connectivity index (χ1v) is 21.6. The Hall–Kier alpha value is -2.10. The monoisotopic (exact) mass is 644 g/mol. The van der Waals surface area contributed by atoms with Gasteiger partial charge in [-0.15, -0.1) is 0 Å². The third-order valence-corrected chi connectivity index (χ3v) is 12.2. The Kier molecular flexibility index (Phi) is 12.4. The fourth-order valence-corrected chi connectivity index (χ4v) is 9.13. The fourth-order valence-electron chi connectivity index (χ4n) is 7.31. The summed E-state index contributed by atoms with van der Waals surface area (Å²) in [6.45, 7) is 21.7. The summed E-state index contributed by atoms with van der Waals surface area (Å²) in [6.07, 6.45) is 7.62. The van der Waals surface area contributed by atoms with E-state index in [-0.39, 0.29) is 17.1 Å². The van der Waals surface area contributed by atoms with Crippen LogP contribution in [0.4, 0.5) is 0 Å². The van der Waals surface area contributed by atoms with Gasteiger partial charge in [0, 0.05) is 29.3 Å². The Morgan fingerprint density at radius 3 is 2.20 bits per heavy atom. The first kappa shape index (κ1) is 35.8. The molecule has 0 N–H and O–H groups in total. The molecule has 1 aliphatic rings. The van der Waals surface area contributed by atoms with E-state index in [0.29, 0.717) is 6.04 Å². The second-order valence-electron chi connectivity index (χ2n) is 14.3. The maximum Gasteiger partial charge on any atom is 0.161 e. The van der Waals surface area contributed by atoms with Crippen LogP contribution in [-0.4, -0.2) is 42.7 Å². The molecule has 0 saturated carbocycles. The van der Waals surface area contributed by atoms with E-state index in [4.69, 9.17) is 13.8 Å². The molecular formula is C39H60N2O2Si2. The van der Waals surface area contributed by atoms with Gasteiger partial charge in [-0.1, -0.05) is 97.1 Å². The van der Waals surface area contributed by atoms with Gasteiger partial charge in [-0.25, -0.2) is 0 Å². The molecule has 0 amide bonds. The van der Waals surface area contributed by atoms with E-state index in [1.165, 1.54) is 63.9 Å². The predicted molar refractivity (Wildman–Crippen MR) is 197 cm³/mol. The van der Waals surface area contributed by atoms with E-state index in [2.05, 4.69) is 122 Å². The summed E-state index contributed by atoms with van der Waals surface area (Å²) < 4.78 is 12.7. The molecule has 6 heteroatoms. The van der Waals surface area contributed by atoms with Crippen molar-refractivity contribution >= 4 is 19.5 Å². The summed E-state index contributed by atoms with van der Waals surface area (Å²) >= 11 is 0. The summed E-state index contributed by atoms with van der Waals surface area (Å²) in [4.78, 5) is 7.97. The zero-order valence-corrected chi connectivity index (χ0v) is 32.9. The largest absolute Gasteiger partial charge is 0.400 e. The summed E-state index contributed by atoms with van der Waals surface area (Å²) in [5.74, 6) is 0. The molecule has 45 heavy (non-hydrogen) atoms. The summed E-state index contributed by atoms with van der Waals surface area (Å²) in [5.41, 5.74) is 12.2. The van der Waals surface area contributed by atoms with Crippen molar-refractivity contribution in [3.05, 3.63) is 87.6 Å². The number of pyridine rings is 1. The third-order valence-electron chi connectivity index (χ3n) is 10.9. The van der Waals surface area contributed by atoms with Gasteiger partial charge in [0.25, 0.3) is 0 Å². The first-order valence-electron chi connectivity index (χ1n) is 17.6. The van der Waals surface area contributed by atoms with Crippen molar-refractivity contribution in [2.24, 2.45) is 10.8 Å². The van der Waals surface area contributed by atoms with E-state index in [0.717, 1.165) is 37.9 Å². The van der Waals surface area contributed by atoms with Crippen molar-refractivity contribution in [3.63, 3.8) is 0 Å². The first-order chi connectivity index (χ1) is 21.5. The van der Waals surface area contributed by atoms with Crippen LogP contribution in [0.25, 0.3) is 11.3 Å². The maximum absolute atomic E-state index is 6.34. The van der Waals surface area contributed by atoms with E-state index in [1.807, 2.05) is 0 Å². The van der Waals surface area contributed by atoms with Crippen LogP contribution in [0.3, 0.4) is 0 Å². The highest BCUT2D eigenvalue weighted by Crippen LogP contribution is 2.46. The van der Waals surface area contributed by atoms with Gasteiger partial charge in [0.15, 0.2) is 19.5 Å². The maximum atomic E-state index is 6.34. The SMILES string of the molecule is CCc1cccc(CC)c1-c1cc(CCC(C)(C)C(C)(C)C(O[SiH2]C)O[SiH2]C)c(CN(C)C2CCCc3ccccc32)c(C)n1. The third kappa shape index (κ3) is 7.90. The standard InChI is InChI=1S/C39H60N2O2Si2/c1-11-28-18-15-19-29(12-2)36(28)34-25-31(23-24-38(4,5)39(6,7)37(42-44-9)43-45-10)33(27(3)40-34)26-41(8)35-22-16-20-30-17-13-14-21-32(30)35/h13-15,17-19,21,25,35,37H,11-12,16,20,22-24,26,44-45H2,1-10H3. The Bertz CT molecular complexity index is 1390. The van der Waals surface area contributed by atoms with E-state index >= 15 is 0 Å². The van der Waals surface area contributed by atoms with Crippen molar-refractivity contribution in [2.75, 3.05) is 7.05 Å². The second-order valence-corrected chi connectivity index (χ2v) is 16.1. The highest BCUT2D eigenvalue weighted by Gasteiger charge is 2.44. The van der Waals surface area contributed by atoms with Gasteiger partial charge in [-0.2, -0.15) is 0 Å². The average Bonchev–Trinajstić information content (AvgIpc) is 3.03. The van der Waals surface area contributed by atoms with Crippen LogP contribution in [-0.2, 0) is 41.1 Å². The van der Waals surface area contributed by atoms with Crippen molar-refractivity contribution in [1.29, 1.82) is 0 Å². The Morgan fingerprint density at radius 2 is 1.58 bits per heavy atom. The average molecular weight is 645 g/mol. The van der Waals surface area contributed by atoms with Crippen LogP contribution in [0, 0.1) is 17.8 Å². The molecule has 0 aliphatic heterocycles. The molecule has 1 aliphatic carbocycles. The molecule has 3 aromatic rings. The highest BCUT2D eigenvalue weighted by molar-refractivity contribution is 6.26. The van der Waals surface area contributed by atoms with E-state index in [9.17, 15) is 0 Å². The molecule has 4 nitrogen and oxygen atoms in total. The minimum absolute atomic E-state index is 0.0174. The molecule has 1 unspecified atom stereocenters. The molecule has 246 valence electrons. The van der Waals surface area contributed by atoms with Gasteiger partial charge >= 0.3 is 0 Å². The quantitative estimate of drug-likeness (QED) is 0.123. The Labute approximate surface area is 279 Å². The molecule has 0 spiro atoms. The molecule has 0 bridgehead atoms. The molecule has 4 rings (SSSR count). The fraction of sp³-hybridized carbons (Fsp3) is 0.564. The molecule has 0 fully saturated rings. The van der Waals surface area contributed by atoms with E-state index < -0.39 is 19.5 Å². The van der Waals surface area contributed by atoms with Crippen molar-refractivity contribution in [3.8, 4) is 11.3 Å². The topological polar surface area (TPSA) is 34.6 Å². The van der Waals surface area contributed by atoms with Crippen molar-refractivity contribution in [2.45, 2.75) is 125 Å². The van der Waals surface area contributed by atoms with Gasteiger partial charge in [-0.3, -0.25) is 9.88 Å². The van der Waals surface area contributed by atoms with E-state index in [1.54, 1.807) is 0 Å². The zero-order chi connectivity index (χ0) is 32.8. The number of nitrogens with zero attached hydrogens (tertiary/aromatic N) is 2. The molecule has 1 heterocycles. The Balaban J connectivity index is 1.75. The lowest BCUT2D eigenvalue weighted by atomic mass is 9.64. The number of rotatable bonds is 15.